The van der Waals surface area contributed by atoms with E-state index >= 15 is 0 Å². The predicted octanol–water partition coefficient (Wildman–Crippen LogP) is 1.48. The highest BCUT2D eigenvalue weighted by atomic mass is 16.4. The van der Waals surface area contributed by atoms with Gasteiger partial charge in [0.25, 0.3) is 0 Å². The molecular weight excluding hydrogens is 220 g/mol. The molecule has 1 N–H and O–H groups in total. The molecule has 17 heavy (non-hydrogen) atoms. The Bertz CT molecular complexity index is 468. The number of hydrogen-bond acceptors (Lipinski definition) is 2. The van der Waals surface area contributed by atoms with Crippen molar-refractivity contribution in [3.05, 3.63) is 34.5 Å². The lowest BCUT2D eigenvalue weighted by atomic mass is 10.2. The molecule has 0 amide bonds. The van der Waals surface area contributed by atoms with E-state index < -0.39 is 5.97 Å². The molecule has 94 valence electrons. The molecule has 0 aromatic carbocycles. The zero-order valence-electron chi connectivity index (χ0n) is 10.2. The topological polar surface area (TPSA) is 64.2 Å². The third kappa shape index (κ3) is 3.34. The van der Waals surface area contributed by atoms with E-state index in [9.17, 15) is 9.59 Å². The zero-order chi connectivity index (χ0) is 12.8. The lowest BCUT2D eigenvalue weighted by Crippen LogP contribution is -2.23. The fourth-order valence-electron chi connectivity index (χ4n) is 1.59. The van der Waals surface area contributed by atoms with Crippen LogP contribution in [0.5, 0.6) is 0 Å². The van der Waals surface area contributed by atoms with Gasteiger partial charge < -0.3 is 5.11 Å². The Morgan fingerprint density at radius 1 is 1.35 bits per heavy atom. The number of aliphatic carboxylic acids is 1. The van der Waals surface area contributed by atoms with Crippen LogP contribution in [0.2, 0.25) is 0 Å². The van der Waals surface area contributed by atoms with E-state index in [-0.39, 0.29) is 5.69 Å². The van der Waals surface area contributed by atoms with Gasteiger partial charge in [0, 0.05) is 31.1 Å². The molecule has 0 fully saturated rings. The summed E-state index contributed by atoms with van der Waals surface area (Å²) < 4.78 is 3.13. The maximum Gasteiger partial charge on any atom is 0.331 e. The van der Waals surface area contributed by atoms with Crippen LogP contribution < -0.4 is 5.69 Å². The number of aromatic nitrogens is 2. The van der Waals surface area contributed by atoms with E-state index in [1.165, 1.54) is 4.57 Å². The third-order valence-corrected chi connectivity index (χ3v) is 2.57. The minimum Gasteiger partial charge on any atom is -0.478 e. The van der Waals surface area contributed by atoms with E-state index in [4.69, 9.17) is 5.11 Å². The summed E-state index contributed by atoms with van der Waals surface area (Å²) in [6.45, 7) is 4.79. The number of imidazole rings is 1. The smallest absolute Gasteiger partial charge is 0.331 e. The lowest BCUT2D eigenvalue weighted by molar-refractivity contribution is -0.132. The zero-order valence-corrected chi connectivity index (χ0v) is 10.2. The van der Waals surface area contributed by atoms with Crippen molar-refractivity contribution in [3.63, 3.8) is 0 Å². The highest BCUT2D eigenvalue weighted by molar-refractivity contribution is 5.86. The first-order chi connectivity index (χ1) is 8.10. The molecule has 0 saturated carbocycles. The summed E-state index contributed by atoms with van der Waals surface area (Å²) in [5, 5.41) is 8.85. The molecular formula is C12H18N2O3. The number of allylic oxidation sites excluding steroid dienone is 1. The molecule has 0 saturated heterocycles. The van der Waals surface area contributed by atoms with Crippen molar-refractivity contribution in [2.45, 2.75) is 39.8 Å². The summed E-state index contributed by atoms with van der Waals surface area (Å²) in [6, 6.07) is 0. The van der Waals surface area contributed by atoms with Gasteiger partial charge in [0.2, 0.25) is 0 Å². The van der Waals surface area contributed by atoms with Crippen LogP contribution in [0.1, 0.15) is 26.7 Å². The van der Waals surface area contributed by atoms with Crippen LogP contribution in [0, 0.1) is 0 Å². The summed E-state index contributed by atoms with van der Waals surface area (Å²) in [5.41, 5.74) is 0.240. The monoisotopic (exact) mass is 238 g/mol. The van der Waals surface area contributed by atoms with Gasteiger partial charge in [0.05, 0.1) is 0 Å². The lowest BCUT2D eigenvalue weighted by Gasteiger charge is -2.00. The van der Waals surface area contributed by atoms with Crippen molar-refractivity contribution >= 4 is 5.97 Å². The van der Waals surface area contributed by atoms with Crippen LogP contribution in [0.4, 0.5) is 0 Å². The summed E-state index contributed by atoms with van der Waals surface area (Å²) in [6.07, 6.45) is 6.35. The molecule has 0 bridgehead atoms. The van der Waals surface area contributed by atoms with E-state index in [1.54, 1.807) is 30.0 Å². The second kappa shape index (κ2) is 6.08. The van der Waals surface area contributed by atoms with Gasteiger partial charge >= 0.3 is 11.7 Å². The molecule has 0 aliphatic rings. The molecule has 0 atom stereocenters. The van der Waals surface area contributed by atoms with Gasteiger partial charge in [-0.3, -0.25) is 9.13 Å². The number of nitrogens with zero attached hydrogens (tertiary/aromatic N) is 2. The third-order valence-electron chi connectivity index (χ3n) is 2.57. The molecule has 0 radical (unpaired) electrons. The Hall–Kier alpha value is -1.78. The summed E-state index contributed by atoms with van der Waals surface area (Å²) >= 11 is 0. The first-order valence-electron chi connectivity index (χ1n) is 5.78. The Labute approximate surface area is 100.0 Å². The van der Waals surface area contributed by atoms with Gasteiger partial charge in [-0.2, -0.15) is 0 Å². The van der Waals surface area contributed by atoms with Crippen molar-refractivity contribution in [3.8, 4) is 0 Å². The van der Waals surface area contributed by atoms with E-state index in [2.05, 4.69) is 0 Å². The van der Waals surface area contributed by atoms with Crippen LogP contribution in [-0.2, 0) is 17.9 Å². The molecule has 0 spiro atoms. The Kier molecular flexibility index (Phi) is 4.75. The van der Waals surface area contributed by atoms with Gasteiger partial charge in [-0.15, -0.1) is 0 Å². The van der Waals surface area contributed by atoms with Crippen LogP contribution >= 0.6 is 0 Å². The number of rotatable bonds is 6. The van der Waals surface area contributed by atoms with Crippen molar-refractivity contribution in [2.24, 2.45) is 0 Å². The summed E-state index contributed by atoms with van der Waals surface area (Å²) in [4.78, 5) is 22.6. The van der Waals surface area contributed by atoms with Crippen LogP contribution in [0.15, 0.2) is 28.8 Å². The molecule has 0 aliphatic carbocycles. The minimum absolute atomic E-state index is 0.0936. The maximum atomic E-state index is 11.8. The second-order valence-electron chi connectivity index (χ2n) is 3.81. The Morgan fingerprint density at radius 3 is 2.53 bits per heavy atom. The number of hydrogen-bond donors (Lipinski definition) is 1. The van der Waals surface area contributed by atoms with Crippen molar-refractivity contribution in [1.82, 2.24) is 9.13 Å². The first-order valence-corrected chi connectivity index (χ1v) is 5.78. The number of carboxylic acids is 1. The molecule has 5 nitrogen and oxygen atoms in total. The maximum absolute atomic E-state index is 11.8. The Balaban J connectivity index is 2.82. The van der Waals surface area contributed by atoms with Gasteiger partial charge in [-0.05, 0) is 12.8 Å². The highest BCUT2D eigenvalue weighted by Crippen LogP contribution is 2.01. The summed E-state index contributed by atoms with van der Waals surface area (Å²) in [7, 11) is 0. The van der Waals surface area contributed by atoms with Gasteiger partial charge in [-0.1, -0.05) is 19.9 Å². The quantitative estimate of drug-likeness (QED) is 0.763. The predicted molar refractivity (Wildman–Crippen MR) is 65.0 cm³/mol. The number of aryl methyl sites for hydroxylation is 1. The van der Waals surface area contributed by atoms with Crippen molar-refractivity contribution in [1.29, 1.82) is 0 Å². The first kappa shape index (κ1) is 13.3. The van der Waals surface area contributed by atoms with Crippen molar-refractivity contribution in [2.75, 3.05) is 0 Å². The molecule has 1 aromatic rings. The number of carboxylic acid groups (broad SMARTS) is 1. The van der Waals surface area contributed by atoms with Gasteiger partial charge in [-0.25, -0.2) is 9.59 Å². The normalized spacial score (nSPS) is 11.8. The van der Waals surface area contributed by atoms with Gasteiger partial charge in [0.1, 0.15) is 0 Å². The van der Waals surface area contributed by atoms with E-state index in [0.717, 1.165) is 6.42 Å². The highest BCUT2D eigenvalue weighted by Gasteiger charge is 2.05. The molecule has 1 heterocycles. The van der Waals surface area contributed by atoms with E-state index in [0.29, 0.717) is 25.1 Å². The van der Waals surface area contributed by atoms with Crippen LogP contribution in [0.25, 0.3) is 0 Å². The minimum atomic E-state index is -0.923. The largest absolute Gasteiger partial charge is 0.478 e. The van der Waals surface area contributed by atoms with Crippen LogP contribution in [0.3, 0.4) is 0 Å². The second-order valence-corrected chi connectivity index (χ2v) is 3.81. The van der Waals surface area contributed by atoms with Gasteiger partial charge in [0.15, 0.2) is 0 Å². The number of carbonyl (C=O) groups is 1. The standard InChI is InChI=1S/C12H18N2O3/c1-3-6-13-8-9-14(12(13)17)7-5-10(4-2)11(15)16/h5,8-9H,3-4,6-7H2,1-2H3,(H,15,16)/b10-5-. The molecule has 0 aliphatic heterocycles. The van der Waals surface area contributed by atoms with Crippen molar-refractivity contribution < 1.29 is 9.90 Å². The van der Waals surface area contributed by atoms with Crippen LogP contribution in [-0.4, -0.2) is 20.2 Å². The Morgan fingerprint density at radius 2 is 2.00 bits per heavy atom. The molecule has 5 heteroatoms. The average Bonchev–Trinajstić information content (AvgIpc) is 2.62. The molecule has 1 aromatic heterocycles. The molecule has 0 unspecified atom stereocenters. The fourth-order valence-corrected chi connectivity index (χ4v) is 1.59. The summed E-state index contributed by atoms with van der Waals surface area (Å²) in [5.74, 6) is -0.923. The van der Waals surface area contributed by atoms with E-state index in [1.807, 2.05) is 6.92 Å². The fraction of sp³-hybridized carbons (Fsp3) is 0.500. The SMILES string of the molecule is CCCn1ccn(C/C=C(/CC)C(=O)O)c1=O. The average molecular weight is 238 g/mol. The molecule has 1 rings (SSSR count).